The first-order valence-electron chi connectivity index (χ1n) is 4.26. The largest absolute Gasteiger partial charge is 0.198 e. The molecule has 0 aromatic rings. The molecular formula is C10H16N2. The minimum absolute atomic E-state index is 0.0460. The van der Waals surface area contributed by atoms with Gasteiger partial charge in [0, 0.05) is 12.3 Å². The quantitative estimate of drug-likeness (QED) is 0.644. The van der Waals surface area contributed by atoms with Gasteiger partial charge in [-0.25, -0.2) is 0 Å². The lowest BCUT2D eigenvalue weighted by molar-refractivity contribution is 0.322. The molecule has 0 N–H and O–H groups in total. The second-order valence-electron chi connectivity index (χ2n) is 4.29. The third kappa shape index (κ3) is 5.74. The predicted octanol–water partition coefficient (Wildman–Crippen LogP) is 2.87. The van der Waals surface area contributed by atoms with Crippen molar-refractivity contribution in [1.29, 1.82) is 10.5 Å². The molecule has 0 saturated heterocycles. The molecular weight excluding hydrogens is 148 g/mol. The molecule has 0 spiro atoms. The predicted molar refractivity (Wildman–Crippen MR) is 48.0 cm³/mol. The summed E-state index contributed by atoms with van der Waals surface area (Å²) in [7, 11) is 0. The monoisotopic (exact) mass is 164 g/mol. The summed E-state index contributed by atoms with van der Waals surface area (Å²) in [4.78, 5) is 0. The zero-order valence-corrected chi connectivity index (χ0v) is 8.09. The van der Waals surface area contributed by atoms with Gasteiger partial charge in [-0.15, -0.1) is 0 Å². The second kappa shape index (κ2) is 4.78. The maximum Gasteiger partial charge on any atom is 0.0656 e. The lowest BCUT2D eigenvalue weighted by Gasteiger charge is -2.20. The molecule has 0 aliphatic carbocycles. The van der Waals surface area contributed by atoms with Gasteiger partial charge in [0.1, 0.15) is 0 Å². The van der Waals surface area contributed by atoms with Crippen LogP contribution in [0.1, 0.15) is 40.0 Å². The minimum atomic E-state index is 0.0460. The molecule has 0 heterocycles. The summed E-state index contributed by atoms with van der Waals surface area (Å²) in [6.45, 7) is 6.34. The fourth-order valence-corrected chi connectivity index (χ4v) is 1.19. The maximum atomic E-state index is 8.76. The number of nitrogens with zero attached hydrogens (tertiary/aromatic N) is 2. The Balaban J connectivity index is 3.88. The van der Waals surface area contributed by atoms with E-state index < -0.39 is 0 Å². The van der Waals surface area contributed by atoms with Crippen molar-refractivity contribution in [3.05, 3.63) is 0 Å². The molecule has 1 unspecified atom stereocenters. The van der Waals surface area contributed by atoms with Crippen molar-refractivity contribution in [3.63, 3.8) is 0 Å². The normalized spacial score (nSPS) is 13.1. The number of hydrogen-bond acceptors (Lipinski definition) is 2. The Labute approximate surface area is 74.8 Å². The maximum absolute atomic E-state index is 8.76. The van der Waals surface area contributed by atoms with Crippen molar-refractivity contribution in [2.75, 3.05) is 0 Å². The van der Waals surface area contributed by atoms with Crippen LogP contribution in [0.4, 0.5) is 0 Å². The first kappa shape index (κ1) is 11.0. The molecule has 0 fully saturated rings. The van der Waals surface area contributed by atoms with Crippen molar-refractivity contribution in [3.8, 4) is 12.1 Å². The molecule has 0 aromatic carbocycles. The van der Waals surface area contributed by atoms with Crippen LogP contribution >= 0.6 is 0 Å². The van der Waals surface area contributed by atoms with E-state index in [1.807, 2.05) is 0 Å². The zero-order valence-electron chi connectivity index (χ0n) is 8.09. The smallest absolute Gasteiger partial charge is 0.0656 e. The molecule has 2 nitrogen and oxygen atoms in total. The van der Waals surface area contributed by atoms with Crippen LogP contribution in [-0.4, -0.2) is 0 Å². The van der Waals surface area contributed by atoms with Gasteiger partial charge >= 0.3 is 0 Å². The van der Waals surface area contributed by atoms with Gasteiger partial charge in [-0.3, -0.25) is 0 Å². The highest BCUT2D eigenvalue weighted by molar-refractivity contribution is 4.88. The van der Waals surface area contributed by atoms with Gasteiger partial charge in [0.05, 0.1) is 12.1 Å². The third-order valence-corrected chi connectivity index (χ3v) is 1.65. The van der Waals surface area contributed by atoms with E-state index in [4.69, 9.17) is 10.5 Å². The number of nitriles is 2. The molecule has 0 radical (unpaired) electrons. The lowest BCUT2D eigenvalue weighted by Crippen LogP contribution is -2.11. The molecule has 0 aromatic heterocycles. The van der Waals surface area contributed by atoms with Crippen molar-refractivity contribution in [2.24, 2.45) is 11.3 Å². The Kier molecular flexibility index (Phi) is 4.37. The summed E-state index contributed by atoms with van der Waals surface area (Å²) in [6, 6.07) is 4.31. The van der Waals surface area contributed by atoms with Crippen LogP contribution in [-0.2, 0) is 0 Å². The van der Waals surface area contributed by atoms with Gasteiger partial charge in [-0.2, -0.15) is 10.5 Å². The first-order chi connectivity index (χ1) is 5.49. The summed E-state index contributed by atoms with van der Waals surface area (Å²) in [5.41, 5.74) is 0.190. The highest BCUT2D eigenvalue weighted by atomic mass is 14.3. The van der Waals surface area contributed by atoms with E-state index in [0.29, 0.717) is 12.8 Å². The van der Waals surface area contributed by atoms with Crippen LogP contribution in [0, 0.1) is 34.0 Å². The Morgan fingerprint density at radius 3 is 2.17 bits per heavy atom. The molecule has 0 amide bonds. The minimum Gasteiger partial charge on any atom is -0.198 e. The molecule has 1 atom stereocenters. The van der Waals surface area contributed by atoms with Crippen molar-refractivity contribution in [1.82, 2.24) is 0 Å². The Morgan fingerprint density at radius 1 is 1.25 bits per heavy atom. The van der Waals surface area contributed by atoms with E-state index in [1.54, 1.807) is 0 Å². The summed E-state index contributed by atoms with van der Waals surface area (Å²) in [6.07, 6.45) is 2.09. The Bertz CT molecular complexity index is 199. The van der Waals surface area contributed by atoms with Crippen molar-refractivity contribution >= 4 is 0 Å². The van der Waals surface area contributed by atoms with Gasteiger partial charge in [-0.1, -0.05) is 20.8 Å². The Hall–Kier alpha value is -1.02. The average Bonchev–Trinajstić information content (AvgIpc) is 1.95. The van der Waals surface area contributed by atoms with Crippen molar-refractivity contribution in [2.45, 2.75) is 40.0 Å². The SMILES string of the molecule is CC(C)(C)CC(C#N)CCC#N. The zero-order chi connectivity index (χ0) is 9.61. The highest BCUT2D eigenvalue weighted by Crippen LogP contribution is 2.26. The van der Waals surface area contributed by atoms with E-state index in [2.05, 4.69) is 32.9 Å². The van der Waals surface area contributed by atoms with Crippen LogP contribution in [0.25, 0.3) is 0 Å². The van der Waals surface area contributed by atoms with E-state index >= 15 is 0 Å². The van der Waals surface area contributed by atoms with Crippen LogP contribution < -0.4 is 0 Å². The molecule has 0 rings (SSSR count). The molecule has 0 saturated carbocycles. The van der Waals surface area contributed by atoms with E-state index in [1.165, 1.54) is 0 Å². The third-order valence-electron chi connectivity index (χ3n) is 1.65. The second-order valence-corrected chi connectivity index (χ2v) is 4.29. The summed E-state index contributed by atoms with van der Waals surface area (Å²) >= 11 is 0. The fourth-order valence-electron chi connectivity index (χ4n) is 1.19. The van der Waals surface area contributed by atoms with Gasteiger partial charge in [0.25, 0.3) is 0 Å². The van der Waals surface area contributed by atoms with E-state index in [-0.39, 0.29) is 11.3 Å². The molecule has 0 aliphatic rings. The first-order valence-corrected chi connectivity index (χ1v) is 4.26. The lowest BCUT2D eigenvalue weighted by atomic mass is 9.83. The fraction of sp³-hybridized carbons (Fsp3) is 0.800. The van der Waals surface area contributed by atoms with E-state index in [0.717, 1.165) is 6.42 Å². The molecule has 66 valence electrons. The summed E-state index contributed by atoms with van der Waals surface area (Å²) in [5, 5.41) is 17.1. The standard InChI is InChI=1S/C10H16N2/c1-10(2,3)7-9(8-12)5-4-6-11/h9H,4-5,7H2,1-3H3. The molecule has 0 bridgehead atoms. The summed E-state index contributed by atoms with van der Waals surface area (Å²) < 4.78 is 0. The van der Waals surface area contributed by atoms with Crippen LogP contribution in [0.2, 0.25) is 0 Å². The van der Waals surface area contributed by atoms with Gasteiger partial charge in [0.2, 0.25) is 0 Å². The molecule has 2 heteroatoms. The van der Waals surface area contributed by atoms with Crippen LogP contribution in [0.15, 0.2) is 0 Å². The topological polar surface area (TPSA) is 47.6 Å². The molecule has 0 aliphatic heterocycles. The van der Waals surface area contributed by atoms with Gasteiger partial charge in [0.15, 0.2) is 0 Å². The summed E-state index contributed by atoms with van der Waals surface area (Å²) in [5.74, 6) is 0.0460. The molecule has 12 heavy (non-hydrogen) atoms. The van der Waals surface area contributed by atoms with Gasteiger partial charge < -0.3 is 0 Å². The average molecular weight is 164 g/mol. The van der Waals surface area contributed by atoms with Gasteiger partial charge in [-0.05, 0) is 18.3 Å². The van der Waals surface area contributed by atoms with Crippen molar-refractivity contribution < 1.29 is 0 Å². The highest BCUT2D eigenvalue weighted by Gasteiger charge is 2.17. The van der Waals surface area contributed by atoms with E-state index in [9.17, 15) is 0 Å². The van der Waals surface area contributed by atoms with Crippen LogP contribution in [0.3, 0.4) is 0 Å². The number of hydrogen-bond donors (Lipinski definition) is 0. The Morgan fingerprint density at radius 2 is 1.83 bits per heavy atom. The number of rotatable bonds is 3. The van der Waals surface area contributed by atoms with Crippen LogP contribution in [0.5, 0.6) is 0 Å².